The molecule has 1 aliphatic heterocycles. The van der Waals surface area contributed by atoms with Crippen LogP contribution in [0.15, 0.2) is 0 Å². The van der Waals surface area contributed by atoms with Gasteiger partial charge in [-0.05, 0) is 37.5 Å². The molecule has 5 nitrogen and oxygen atoms in total. The number of rotatable bonds is 11. The number of hydrogen-bond donors (Lipinski definition) is 3. The predicted molar refractivity (Wildman–Crippen MR) is 96.5 cm³/mol. The van der Waals surface area contributed by atoms with Crippen molar-refractivity contribution in [3.05, 3.63) is 0 Å². The summed E-state index contributed by atoms with van der Waals surface area (Å²) in [5, 5.41) is 29.5. The van der Waals surface area contributed by atoms with E-state index in [1.54, 1.807) is 0 Å². The van der Waals surface area contributed by atoms with Gasteiger partial charge in [-0.15, -0.1) is 0 Å². The van der Waals surface area contributed by atoms with E-state index in [9.17, 15) is 23.8 Å². The Hall–Kier alpha value is -0.790. The first-order chi connectivity index (χ1) is 12.7. The molecule has 0 spiro atoms. The highest BCUT2D eigenvalue weighted by Crippen LogP contribution is 2.50. The van der Waals surface area contributed by atoms with E-state index < -0.39 is 29.9 Å². The monoisotopic (exact) mass is 392 g/mol. The highest BCUT2D eigenvalue weighted by Gasteiger charge is 2.59. The SMILES string of the molecule is CCCCC(F)(F)[C@@]1(O)CC[C@H]2C(CC(O)C2CCCCCCC(=O)O)O1. The van der Waals surface area contributed by atoms with Crippen LogP contribution >= 0.6 is 0 Å². The summed E-state index contributed by atoms with van der Waals surface area (Å²) in [6.07, 6.45) is 4.30. The van der Waals surface area contributed by atoms with Gasteiger partial charge in [-0.3, -0.25) is 4.79 Å². The minimum atomic E-state index is -3.28. The van der Waals surface area contributed by atoms with Gasteiger partial charge in [0, 0.05) is 25.7 Å². The first kappa shape index (κ1) is 22.5. The van der Waals surface area contributed by atoms with Gasteiger partial charge in [0.2, 0.25) is 5.79 Å². The van der Waals surface area contributed by atoms with Crippen LogP contribution in [0.25, 0.3) is 0 Å². The van der Waals surface area contributed by atoms with E-state index in [1.807, 2.05) is 6.92 Å². The molecule has 2 fully saturated rings. The van der Waals surface area contributed by atoms with E-state index in [2.05, 4.69) is 0 Å². The van der Waals surface area contributed by atoms with Crippen LogP contribution in [-0.2, 0) is 9.53 Å². The summed E-state index contributed by atoms with van der Waals surface area (Å²) in [4.78, 5) is 10.5. The van der Waals surface area contributed by atoms with Gasteiger partial charge in [0.05, 0.1) is 12.2 Å². The number of aliphatic carboxylic acids is 1. The van der Waals surface area contributed by atoms with Crippen LogP contribution in [-0.4, -0.2) is 45.2 Å². The third kappa shape index (κ3) is 5.61. The number of aliphatic hydroxyl groups excluding tert-OH is 1. The molecule has 158 valence electrons. The van der Waals surface area contributed by atoms with Crippen molar-refractivity contribution in [3.8, 4) is 0 Å². The summed E-state index contributed by atoms with van der Waals surface area (Å²) >= 11 is 0. The quantitative estimate of drug-likeness (QED) is 0.461. The number of carboxylic acid groups (broad SMARTS) is 1. The Balaban J connectivity index is 1.83. The van der Waals surface area contributed by atoms with Crippen LogP contribution < -0.4 is 0 Å². The summed E-state index contributed by atoms with van der Waals surface area (Å²) in [6, 6.07) is 0. The van der Waals surface area contributed by atoms with Crippen LogP contribution in [0.5, 0.6) is 0 Å². The molecule has 0 aromatic carbocycles. The van der Waals surface area contributed by atoms with Crippen LogP contribution in [0, 0.1) is 11.8 Å². The van der Waals surface area contributed by atoms with Crippen LogP contribution in [0.4, 0.5) is 8.78 Å². The minimum absolute atomic E-state index is 0.00118. The average Bonchev–Trinajstić information content (AvgIpc) is 2.90. The van der Waals surface area contributed by atoms with E-state index in [4.69, 9.17) is 9.84 Å². The van der Waals surface area contributed by atoms with Crippen molar-refractivity contribution < 1.29 is 33.6 Å². The number of fused-ring (bicyclic) bond motifs is 1. The first-order valence-electron chi connectivity index (χ1n) is 10.4. The molecule has 7 heteroatoms. The van der Waals surface area contributed by atoms with Crippen molar-refractivity contribution in [1.29, 1.82) is 0 Å². The van der Waals surface area contributed by atoms with Gasteiger partial charge in [0.15, 0.2) is 0 Å². The molecule has 27 heavy (non-hydrogen) atoms. The smallest absolute Gasteiger partial charge is 0.303 e. The lowest BCUT2D eigenvalue weighted by Crippen LogP contribution is -2.55. The van der Waals surface area contributed by atoms with E-state index in [-0.39, 0.29) is 31.1 Å². The molecule has 1 aliphatic carbocycles. The third-order valence-electron chi connectivity index (χ3n) is 6.25. The van der Waals surface area contributed by atoms with Crippen molar-refractivity contribution >= 4 is 5.97 Å². The maximum absolute atomic E-state index is 14.4. The maximum Gasteiger partial charge on any atom is 0.303 e. The number of alkyl halides is 2. The number of halogens is 2. The highest BCUT2D eigenvalue weighted by atomic mass is 19.3. The molecule has 0 radical (unpaired) electrons. The Morgan fingerprint density at radius 3 is 2.59 bits per heavy atom. The Kier molecular flexibility index (Phi) is 8.01. The maximum atomic E-state index is 14.4. The van der Waals surface area contributed by atoms with Crippen molar-refractivity contribution in [2.75, 3.05) is 0 Å². The molecular weight excluding hydrogens is 358 g/mol. The summed E-state index contributed by atoms with van der Waals surface area (Å²) in [6.45, 7) is 1.83. The fourth-order valence-electron chi connectivity index (χ4n) is 4.64. The number of hydrogen-bond acceptors (Lipinski definition) is 4. The number of unbranched alkanes of at least 4 members (excludes halogenated alkanes) is 4. The number of aliphatic hydroxyl groups is 2. The molecule has 2 aliphatic rings. The molecule has 1 saturated carbocycles. The van der Waals surface area contributed by atoms with Gasteiger partial charge < -0.3 is 20.1 Å². The van der Waals surface area contributed by atoms with E-state index in [0.717, 1.165) is 25.7 Å². The second-order valence-corrected chi connectivity index (χ2v) is 8.26. The summed E-state index contributed by atoms with van der Waals surface area (Å²) < 4.78 is 34.4. The third-order valence-corrected chi connectivity index (χ3v) is 6.25. The largest absolute Gasteiger partial charge is 0.481 e. The molecule has 0 aromatic heterocycles. The Bertz CT molecular complexity index is 487. The van der Waals surface area contributed by atoms with E-state index >= 15 is 0 Å². The van der Waals surface area contributed by atoms with Crippen LogP contribution in [0.1, 0.15) is 84.0 Å². The average molecular weight is 392 g/mol. The molecule has 1 heterocycles. The molecule has 3 N–H and O–H groups in total. The number of ether oxygens (including phenoxy) is 1. The van der Waals surface area contributed by atoms with Crippen molar-refractivity contribution in [1.82, 2.24) is 0 Å². The molecular formula is C20H34F2O5. The number of carbonyl (C=O) groups is 1. The zero-order chi connectivity index (χ0) is 20.1. The van der Waals surface area contributed by atoms with Crippen molar-refractivity contribution in [3.63, 3.8) is 0 Å². The Morgan fingerprint density at radius 2 is 1.93 bits per heavy atom. The number of carboxylic acids is 1. The lowest BCUT2D eigenvalue weighted by atomic mass is 9.81. The highest BCUT2D eigenvalue weighted by molar-refractivity contribution is 5.66. The summed E-state index contributed by atoms with van der Waals surface area (Å²) in [7, 11) is 0. The fraction of sp³-hybridized carbons (Fsp3) is 0.950. The zero-order valence-corrected chi connectivity index (χ0v) is 16.2. The minimum Gasteiger partial charge on any atom is -0.481 e. The molecule has 0 bridgehead atoms. The molecule has 0 aromatic rings. The van der Waals surface area contributed by atoms with Gasteiger partial charge in [-0.25, -0.2) is 8.78 Å². The molecule has 1 saturated heterocycles. The topological polar surface area (TPSA) is 87.0 Å². The van der Waals surface area contributed by atoms with Crippen LogP contribution in [0.3, 0.4) is 0 Å². The van der Waals surface area contributed by atoms with Gasteiger partial charge in [-0.1, -0.05) is 32.6 Å². The van der Waals surface area contributed by atoms with Crippen LogP contribution in [0.2, 0.25) is 0 Å². The fourth-order valence-corrected chi connectivity index (χ4v) is 4.64. The van der Waals surface area contributed by atoms with Gasteiger partial charge in [-0.2, -0.15) is 0 Å². The molecule has 3 unspecified atom stereocenters. The second kappa shape index (κ2) is 9.61. The molecule has 5 atom stereocenters. The lowest BCUT2D eigenvalue weighted by molar-refractivity contribution is -0.356. The van der Waals surface area contributed by atoms with Gasteiger partial charge >= 0.3 is 11.9 Å². The second-order valence-electron chi connectivity index (χ2n) is 8.26. The van der Waals surface area contributed by atoms with Crippen molar-refractivity contribution in [2.45, 2.75) is 108 Å². The summed E-state index contributed by atoms with van der Waals surface area (Å²) in [5.74, 6) is -6.48. The standard InChI is InChI=1S/C20H34F2O5/c1-2-3-11-19(21,22)20(26)12-10-15-14(16(23)13-17(15)27-20)8-6-4-5-7-9-18(24)25/h14-17,23,26H,2-13H2,1H3,(H,24,25)/t14?,15-,16?,17?,20-/m1/s1. The first-order valence-corrected chi connectivity index (χ1v) is 10.4. The van der Waals surface area contributed by atoms with E-state index in [1.165, 1.54) is 0 Å². The van der Waals surface area contributed by atoms with E-state index in [0.29, 0.717) is 32.1 Å². The Morgan fingerprint density at radius 1 is 1.22 bits per heavy atom. The predicted octanol–water partition coefficient (Wildman–Crippen LogP) is 4.10. The molecule has 2 rings (SSSR count). The van der Waals surface area contributed by atoms with Crippen molar-refractivity contribution in [2.24, 2.45) is 11.8 Å². The molecule has 0 amide bonds. The summed E-state index contributed by atoms with van der Waals surface area (Å²) in [5.41, 5.74) is 0. The Labute approximate surface area is 160 Å². The normalized spacial score (nSPS) is 33.8. The van der Waals surface area contributed by atoms with Gasteiger partial charge in [0.1, 0.15) is 0 Å². The zero-order valence-electron chi connectivity index (χ0n) is 16.2. The van der Waals surface area contributed by atoms with Gasteiger partial charge in [0.25, 0.3) is 0 Å². The lowest BCUT2D eigenvalue weighted by Gasteiger charge is -2.44.